The summed E-state index contributed by atoms with van der Waals surface area (Å²) in [5.41, 5.74) is 4.33. The van der Waals surface area contributed by atoms with Crippen LogP contribution in [0.3, 0.4) is 0 Å². The highest BCUT2D eigenvalue weighted by Crippen LogP contribution is 2.51. The SMILES string of the molecule is COc1cc(S(=O)(=O)CCOS(=O)(=O)O)c(OC)cc1N=Nc1cc(S(=O)(=O)O)c2cc(SOOO)c(N=Nc3cc(OC)c(S(=O)(=O)CCOSOOO)cc3OC)c(O)c2c1N. The zero-order chi connectivity index (χ0) is 47.6. The molecule has 0 heterocycles. The predicted octanol–water partition coefficient (Wildman–Crippen LogP) is 5.04. The molecule has 4 aromatic rings. The highest BCUT2D eigenvalue weighted by Gasteiger charge is 2.28. The normalized spacial score (nSPS) is 12.7. The number of phenols is 1. The van der Waals surface area contributed by atoms with Gasteiger partial charge in [0.2, 0.25) is 0 Å². The molecule has 0 unspecified atom stereocenters. The number of hydrogen-bond donors (Lipinski definition) is 6. The number of sulfone groups is 2. The number of nitrogens with two attached hydrogens (primary N) is 1. The number of nitrogens with zero attached hydrogens (tertiary/aromatic N) is 4. The second-order valence-corrected chi connectivity index (χ2v) is 19.6. The summed E-state index contributed by atoms with van der Waals surface area (Å²) in [6.45, 7) is -1.41. The van der Waals surface area contributed by atoms with E-state index in [0.717, 1.165) is 64.8 Å². The number of rotatable bonds is 24. The molecule has 7 N–H and O–H groups in total. The highest BCUT2D eigenvalue weighted by atomic mass is 32.3. The number of aromatic hydroxyl groups is 1. The van der Waals surface area contributed by atoms with E-state index in [1.54, 1.807) is 0 Å². The van der Waals surface area contributed by atoms with Gasteiger partial charge < -0.3 is 29.8 Å². The Hall–Kier alpha value is -4.76. The smallest absolute Gasteiger partial charge is 0.397 e. The average molecular weight is 1020 g/mol. The number of nitrogen functional groups attached to an aromatic ring is 1. The first kappa shape index (κ1) is 51.9. The quantitative estimate of drug-likeness (QED) is 0.0102. The van der Waals surface area contributed by atoms with E-state index >= 15 is 0 Å². The molecule has 0 bridgehead atoms. The van der Waals surface area contributed by atoms with Crippen LogP contribution in [-0.4, -0.2) is 112 Å². The molecule has 0 radical (unpaired) electrons. The Balaban J connectivity index is 1.89. The van der Waals surface area contributed by atoms with Crippen molar-refractivity contribution in [3.05, 3.63) is 36.4 Å². The van der Waals surface area contributed by atoms with Crippen molar-refractivity contribution in [2.75, 3.05) is 58.9 Å². The van der Waals surface area contributed by atoms with Gasteiger partial charge in [-0.1, -0.05) is 10.1 Å². The third kappa shape index (κ3) is 12.7. The summed E-state index contributed by atoms with van der Waals surface area (Å²) >= 11 is 0.315. The van der Waals surface area contributed by atoms with Gasteiger partial charge in [-0.3, -0.25) is 13.3 Å². The monoisotopic (exact) mass is 1020 g/mol. The number of ether oxygens (including phenoxy) is 4. The maximum absolute atomic E-state index is 13.1. The van der Waals surface area contributed by atoms with Crippen LogP contribution in [0.1, 0.15) is 0 Å². The van der Waals surface area contributed by atoms with Crippen LogP contribution < -0.4 is 24.7 Å². The van der Waals surface area contributed by atoms with Gasteiger partial charge in [0.15, 0.2) is 37.7 Å². The van der Waals surface area contributed by atoms with E-state index in [1.165, 1.54) is 0 Å². The summed E-state index contributed by atoms with van der Waals surface area (Å²) in [5, 5.41) is 50.8. The molecule has 0 atom stereocenters. The first-order chi connectivity index (χ1) is 30.1. The molecule has 0 aromatic heterocycles. The summed E-state index contributed by atoms with van der Waals surface area (Å²) in [6, 6.07) is 5.82. The lowest BCUT2D eigenvalue weighted by molar-refractivity contribution is -0.434. The zero-order valence-electron chi connectivity index (χ0n) is 32.7. The zero-order valence-corrected chi connectivity index (χ0v) is 37.6. The van der Waals surface area contributed by atoms with Crippen LogP contribution >= 0.6 is 24.4 Å². The summed E-state index contributed by atoms with van der Waals surface area (Å²) in [5.74, 6) is -3.64. The molecule has 0 saturated heterocycles. The molecule has 352 valence electrons. The van der Waals surface area contributed by atoms with E-state index in [2.05, 4.69) is 43.4 Å². The van der Waals surface area contributed by atoms with Gasteiger partial charge >= 0.3 is 10.4 Å². The minimum atomic E-state index is -5.22. The fourth-order valence-corrected chi connectivity index (χ4v) is 9.68. The number of benzene rings is 4. The number of methoxy groups -OCH3 is 4. The molecule has 0 saturated carbocycles. The Bertz CT molecular complexity index is 2880. The van der Waals surface area contributed by atoms with E-state index in [0.29, 0.717) is 0 Å². The van der Waals surface area contributed by atoms with Gasteiger partial charge in [0.05, 0.1) is 81.2 Å². The summed E-state index contributed by atoms with van der Waals surface area (Å²) in [6.07, 6.45) is 0. The number of anilines is 1. The minimum absolute atomic E-state index is 0.153. The fraction of sp³-hybridized carbons (Fsp3) is 0.267. The van der Waals surface area contributed by atoms with Crippen LogP contribution in [0.4, 0.5) is 28.4 Å². The lowest BCUT2D eigenvalue weighted by Gasteiger charge is -2.15. The second-order valence-electron chi connectivity index (χ2n) is 11.7. The van der Waals surface area contributed by atoms with Gasteiger partial charge in [-0.25, -0.2) is 31.5 Å². The Morgan fingerprint density at radius 2 is 1.12 bits per heavy atom. The predicted molar refractivity (Wildman–Crippen MR) is 218 cm³/mol. The van der Waals surface area contributed by atoms with Gasteiger partial charge in [0.1, 0.15) is 60.4 Å². The van der Waals surface area contributed by atoms with Crippen molar-refractivity contribution in [1.82, 2.24) is 0 Å². The molecule has 0 fully saturated rings. The van der Waals surface area contributed by atoms with Gasteiger partial charge in [-0.2, -0.15) is 16.8 Å². The van der Waals surface area contributed by atoms with Crippen LogP contribution in [0.5, 0.6) is 28.7 Å². The molecule has 0 aliphatic carbocycles. The largest absolute Gasteiger partial charge is 0.505 e. The van der Waals surface area contributed by atoms with Gasteiger partial charge in [-0.05, 0) is 12.1 Å². The number of hydrogen-bond acceptors (Lipinski definition) is 28. The number of phenolic OH excluding ortho intramolecular Hbond substituents is 1. The average Bonchev–Trinajstić information content (AvgIpc) is 3.23. The Morgan fingerprint density at radius 3 is 1.61 bits per heavy atom. The van der Waals surface area contributed by atoms with Gasteiger partial charge in [0, 0.05) is 29.7 Å². The molecular weight excluding hydrogens is 991 g/mol. The molecule has 28 nitrogen and oxygen atoms in total. The summed E-state index contributed by atoms with van der Waals surface area (Å²) < 4.78 is 157. The Morgan fingerprint density at radius 1 is 0.625 bits per heavy atom. The first-order valence-corrected chi connectivity index (χ1v) is 24.0. The Labute approximate surface area is 370 Å². The summed E-state index contributed by atoms with van der Waals surface area (Å²) in [4.78, 5) is -2.17. The topological polar surface area (TPSA) is 405 Å². The molecule has 0 aliphatic heterocycles. The maximum Gasteiger partial charge on any atom is 0.397 e. The number of azo groups is 2. The van der Waals surface area contributed by atoms with E-state index in [9.17, 15) is 43.3 Å². The van der Waals surface area contributed by atoms with Crippen LogP contribution in [0.25, 0.3) is 10.8 Å². The lowest BCUT2D eigenvalue weighted by Crippen LogP contribution is -2.16. The van der Waals surface area contributed by atoms with Crippen molar-refractivity contribution >= 4 is 104 Å². The van der Waals surface area contributed by atoms with Crippen LogP contribution in [0.15, 0.2) is 76.4 Å². The van der Waals surface area contributed by atoms with Crippen molar-refractivity contribution in [3.8, 4) is 28.7 Å². The minimum Gasteiger partial charge on any atom is -0.505 e. The van der Waals surface area contributed by atoms with E-state index in [4.69, 9.17) is 43.9 Å². The van der Waals surface area contributed by atoms with Gasteiger partial charge in [-0.15, -0.1) is 29.1 Å². The molecule has 0 aliphatic rings. The van der Waals surface area contributed by atoms with E-state index < -0.39 is 108 Å². The highest BCUT2D eigenvalue weighted by molar-refractivity contribution is 7.94. The van der Waals surface area contributed by atoms with Crippen molar-refractivity contribution in [1.29, 1.82) is 0 Å². The molecule has 0 amide bonds. The molecule has 0 spiro atoms. The van der Waals surface area contributed by atoms with E-state index in [1.807, 2.05) is 0 Å². The van der Waals surface area contributed by atoms with Crippen LogP contribution in [-0.2, 0) is 67.3 Å². The third-order valence-corrected chi connectivity index (χ3v) is 13.7. The van der Waals surface area contributed by atoms with Crippen molar-refractivity contribution < 1.29 is 104 Å². The standard InChI is InChI=1S/C30H33N5O23S6/c1-49-19-13-26(62(41,42)8-6-54-64(46,47)48)21(51-3)10-16(19)32-34-18-12-24(63(43,44)45)15-9-23(59-57-55-37)29(30(36)27(15)28(18)31)35-33-17-11-22(52-4)25(14-20(17)50-2)61(39,40)7-5-53-60-58-56-38/h9-14,36-38H,5-8,31H2,1-4H3,(H,43,44,45)(H,46,47,48). The van der Waals surface area contributed by atoms with Crippen LogP contribution in [0, 0.1) is 0 Å². The maximum atomic E-state index is 13.1. The lowest BCUT2D eigenvalue weighted by atomic mass is 10.0. The van der Waals surface area contributed by atoms with E-state index in [-0.39, 0.29) is 68.5 Å². The molecule has 4 rings (SSSR count). The molecule has 64 heavy (non-hydrogen) atoms. The molecular formula is C30H33N5O23S6. The van der Waals surface area contributed by atoms with Gasteiger partial charge in [0.25, 0.3) is 10.1 Å². The van der Waals surface area contributed by atoms with Crippen molar-refractivity contribution in [3.63, 3.8) is 0 Å². The molecule has 4 aromatic carbocycles. The summed E-state index contributed by atoms with van der Waals surface area (Å²) in [7, 11) is -14.2. The van der Waals surface area contributed by atoms with Crippen LogP contribution in [0.2, 0.25) is 0 Å². The number of fused-ring (bicyclic) bond motifs is 1. The van der Waals surface area contributed by atoms with Crippen molar-refractivity contribution in [2.24, 2.45) is 20.5 Å². The first-order valence-electron chi connectivity index (χ1n) is 16.5. The second kappa shape index (κ2) is 21.9. The third-order valence-electron chi connectivity index (χ3n) is 8.00. The fourth-order valence-electron chi connectivity index (χ4n) is 5.26. The Kier molecular flexibility index (Phi) is 17.8. The molecule has 34 heteroatoms. The van der Waals surface area contributed by atoms with Crippen molar-refractivity contribution in [2.45, 2.75) is 19.6 Å².